The smallest absolute Gasteiger partial charge is 0.251 e. The van der Waals surface area contributed by atoms with Crippen LogP contribution in [0.15, 0.2) is 12.1 Å². The molecule has 1 heterocycles. The molecule has 2 aromatic rings. The molecule has 0 aliphatic heterocycles. The number of benzene rings is 1. The summed E-state index contributed by atoms with van der Waals surface area (Å²) < 4.78 is 0. The van der Waals surface area contributed by atoms with E-state index in [9.17, 15) is 9.59 Å². The van der Waals surface area contributed by atoms with E-state index in [1.54, 1.807) is 0 Å². The van der Waals surface area contributed by atoms with Gasteiger partial charge in [0.15, 0.2) is 0 Å². The highest BCUT2D eigenvalue weighted by molar-refractivity contribution is 7.17. The first-order chi connectivity index (χ1) is 11.4. The number of hydrogen-bond acceptors (Lipinski definition) is 3. The monoisotopic (exact) mass is 342 g/mol. The van der Waals surface area contributed by atoms with Crippen molar-refractivity contribution in [2.24, 2.45) is 5.73 Å². The second kappa shape index (κ2) is 6.40. The van der Waals surface area contributed by atoms with E-state index in [1.807, 2.05) is 13.8 Å². The average molecular weight is 342 g/mol. The van der Waals surface area contributed by atoms with Crippen molar-refractivity contribution in [2.75, 3.05) is 5.32 Å². The van der Waals surface area contributed by atoms with Crippen molar-refractivity contribution >= 4 is 28.2 Å². The van der Waals surface area contributed by atoms with Crippen molar-refractivity contribution in [3.63, 3.8) is 0 Å². The Balaban J connectivity index is 1.83. The van der Waals surface area contributed by atoms with Crippen LogP contribution in [0.25, 0.3) is 0 Å². The lowest BCUT2D eigenvalue weighted by atomic mass is 9.97. The van der Waals surface area contributed by atoms with E-state index in [-0.39, 0.29) is 5.91 Å². The van der Waals surface area contributed by atoms with Gasteiger partial charge in [0.25, 0.3) is 5.91 Å². The summed E-state index contributed by atoms with van der Waals surface area (Å²) in [5.74, 6) is -0.556. The predicted octanol–water partition coefficient (Wildman–Crippen LogP) is 3.44. The van der Waals surface area contributed by atoms with Gasteiger partial charge < -0.3 is 11.1 Å². The molecule has 3 N–H and O–H groups in total. The molecule has 5 heteroatoms. The summed E-state index contributed by atoms with van der Waals surface area (Å²) in [4.78, 5) is 25.5. The number of aryl methyl sites for hydroxylation is 4. The number of primary amides is 1. The maximum Gasteiger partial charge on any atom is 0.251 e. The first-order valence-corrected chi connectivity index (χ1v) is 8.99. The van der Waals surface area contributed by atoms with E-state index in [2.05, 4.69) is 24.4 Å². The Labute approximate surface area is 146 Å². The van der Waals surface area contributed by atoms with E-state index in [0.717, 1.165) is 41.5 Å². The standard InChI is InChI=1S/C19H22N2O2S/c1-10-7-11(2)14(12(3)8-10)9-16(22)21-19-17(18(20)23)13-5-4-6-15(13)24-19/h7-8H,4-6,9H2,1-3H3,(H2,20,23)(H,21,22). The van der Waals surface area contributed by atoms with E-state index in [1.165, 1.54) is 21.8 Å². The summed E-state index contributed by atoms with van der Waals surface area (Å²) in [6, 6.07) is 4.17. The van der Waals surface area contributed by atoms with Crippen LogP contribution in [0.5, 0.6) is 0 Å². The molecule has 3 rings (SSSR count). The minimum atomic E-state index is -0.451. The number of fused-ring (bicyclic) bond motifs is 1. The molecule has 4 nitrogen and oxygen atoms in total. The van der Waals surface area contributed by atoms with E-state index < -0.39 is 5.91 Å². The minimum Gasteiger partial charge on any atom is -0.365 e. The topological polar surface area (TPSA) is 72.2 Å². The summed E-state index contributed by atoms with van der Waals surface area (Å²) >= 11 is 1.49. The fourth-order valence-electron chi connectivity index (χ4n) is 3.57. The molecule has 24 heavy (non-hydrogen) atoms. The molecule has 2 amide bonds. The van der Waals surface area contributed by atoms with Crippen LogP contribution >= 0.6 is 11.3 Å². The average Bonchev–Trinajstić information content (AvgIpc) is 3.02. The third-order valence-corrected chi connectivity index (χ3v) is 5.81. The number of hydrogen-bond donors (Lipinski definition) is 2. The largest absolute Gasteiger partial charge is 0.365 e. The van der Waals surface area contributed by atoms with E-state index in [4.69, 9.17) is 5.73 Å². The molecule has 0 bridgehead atoms. The molecule has 0 radical (unpaired) electrons. The summed E-state index contributed by atoms with van der Waals surface area (Å²) in [7, 11) is 0. The molecule has 0 unspecified atom stereocenters. The van der Waals surface area contributed by atoms with E-state index in [0.29, 0.717) is 17.0 Å². The van der Waals surface area contributed by atoms with Crippen LogP contribution in [0.4, 0.5) is 5.00 Å². The number of nitrogens with one attached hydrogen (secondary N) is 1. The van der Waals surface area contributed by atoms with Crippen molar-refractivity contribution in [1.29, 1.82) is 0 Å². The highest BCUT2D eigenvalue weighted by Gasteiger charge is 2.26. The Hall–Kier alpha value is -2.14. The number of amides is 2. The van der Waals surface area contributed by atoms with Gasteiger partial charge in [0.1, 0.15) is 5.00 Å². The van der Waals surface area contributed by atoms with Gasteiger partial charge in [-0.2, -0.15) is 0 Å². The lowest BCUT2D eigenvalue weighted by Gasteiger charge is -2.12. The molecule has 1 aliphatic carbocycles. The molecule has 0 saturated carbocycles. The van der Waals surface area contributed by atoms with Crippen molar-refractivity contribution in [3.05, 3.63) is 50.4 Å². The number of thiophene rings is 1. The number of anilines is 1. The second-order valence-corrected chi connectivity index (χ2v) is 7.63. The predicted molar refractivity (Wildman–Crippen MR) is 97.8 cm³/mol. The fourth-order valence-corrected chi connectivity index (χ4v) is 4.88. The molecule has 0 saturated heterocycles. The Bertz CT molecular complexity index is 813. The van der Waals surface area contributed by atoms with Crippen LogP contribution in [-0.4, -0.2) is 11.8 Å². The van der Waals surface area contributed by atoms with Crippen LogP contribution in [0.2, 0.25) is 0 Å². The molecular formula is C19H22N2O2S. The van der Waals surface area contributed by atoms with E-state index >= 15 is 0 Å². The quantitative estimate of drug-likeness (QED) is 0.893. The first-order valence-electron chi connectivity index (χ1n) is 8.17. The van der Waals surface area contributed by atoms with Gasteiger partial charge in [0.2, 0.25) is 5.91 Å². The zero-order valence-corrected chi connectivity index (χ0v) is 15.1. The van der Waals surface area contributed by atoms with Gasteiger partial charge in [0.05, 0.1) is 12.0 Å². The zero-order chi connectivity index (χ0) is 17.4. The third kappa shape index (κ3) is 3.08. The highest BCUT2D eigenvalue weighted by atomic mass is 32.1. The lowest BCUT2D eigenvalue weighted by Crippen LogP contribution is -2.19. The number of nitrogens with two attached hydrogens (primary N) is 1. The van der Waals surface area contributed by atoms with Crippen molar-refractivity contribution in [2.45, 2.75) is 46.5 Å². The Kier molecular flexibility index (Phi) is 4.45. The van der Waals surface area contributed by atoms with Crippen LogP contribution < -0.4 is 11.1 Å². The maximum atomic E-state index is 12.5. The molecule has 0 fully saturated rings. The Morgan fingerprint density at radius 3 is 2.46 bits per heavy atom. The Morgan fingerprint density at radius 2 is 1.83 bits per heavy atom. The lowest BCUT2D eigenvalue weighted by molar-refractivity contribution is -0.115. The van der Waals surface area contributed by atoms with Gasteiger partial charge in [-0.25, -0.2) is 0 Å². The Morgan fingerprint density at radius 1 is 1.17 bits per heavy atom. The van der Waals surface area contributed by atoms with Gasteiger partial charge in [-0.3, -0.25) is 9.59 Å². The van der Waals surface area contributed by atoms with Crippen LogP contribution in [0.1, 0.15) is 49.5 Å². The normalized spacial score (nSPS) is 13.0. The van der Waals surface area contributed by atoms with Gasteiger partial charge in [0, 0.05) is 4.88 Å². The molecule has 1 aromatic carbocycles. The van der Waals surface area contributed by atoms with Gasteiger partial charge >= 0.3 is 0 Å². The SMILES string of the molecule is Cc1cc(C)c(CC(=O)Nc2sc3c(c2C(N)=O)CCC3)c(C)c1. The minimum absolute atomic E-state index is 0.104. The molecule has 0 spiro atoms. The molecule has 126 valence electrons. The summed E-state index contributed by atoms with van der Waals surface area (Å²) in [6.45, 7) is 6.10. The van der Waals surface area contributed by atoms with Gasteiger partial charge in [-0.05, 0) is 62.3 Å². The third-order valence-electron chi connectivity index (χ3n) is 4.60. The van der Waals surface area contributed by atoms with Crippen LogP contribution in [0.3, 0.4) is 0 Å². The summed E-state index contributed by atoms with van der Waals surface area (Å²) in [5.41, 5.74) is 11.6. The van der Waals surface area contributed by atoms with Crippen molar-refractivity contribution in [1.82, 2.24) is 0 Å². The highest BCUT2D eigenvalue weighted by Crippen LogP contribution is 2.38. The first kappa shape index (κ1) is 16.7. The van der Waals surface area contributed by atoms with Gasteiger partial charge in [-0.1, -0.05) is 17.7 Å². The molecule has 1 aliphatic rings. The number of carbonyl (C=O) groups is 2. The molecular weight excluding hydrogens is 320 g/mol. The second-order valence-electron chi connectivity index (χ2n) is 6.53. The molecule has 0 atom stereocenters. The maximum absolute atomic E-state index is 12.5. The van der Waals surface area contributed by atoms with Gasteiger partial charge in [-0.15, -0.1) is 11.3 Å². The number of carbonyl (C=O) groups excluding carboxylic acids is 2. The fraction of sp³-hybridized carbons (Fsp3) is 0.368. The van der Waals surface area contributed by atoms with Crippen LogP contribution in [-0.2, 0) is 24.1 Å². The summed E-state index contributed by atoms with van der Waals surface area (Å²) in [6.07, 6.45) is 3.19. The zero-order valence-electron chi connectivity index (χ0n) is 14.3. The van der Waals surface area contributed by atoms with Crippen LogP contribution in [0, 0.1) is 20.8 Å². The molecule has 1 aromatic heterocycles. The van der Waals surface area contributed by atoms with Crippen molar-refractivity contribution in [3.8, 4) is 0 Å². The number of rotatable bonds is 4. The van der Waals surface area contributed by atoms with Crippen molar-refractivity contribution < 1.29 is 9.59 Å². The summed E-state index contributed by atoms with van der Waals surface area (Å²) in [5, 5.41) is 3.53.